The Morgan fingerprint density at radius 3 is 2.09 bits per heavy atom. The average Bonchev–Trinajstić information content (AvgIpc) is 3.38. The van der Waals surface area contributed by atoms with Crippen molar-refractivity contribution in [2.75, 3.05) is 22.9 Å². The third-order valence-corrected chi connectivity index (χ3v) is 7.14. The number of anilines is 2. The van der Waals surface area contributed by atoms with Crippen molar-refractivity contribution in [2.24, 2.45) is 0 Å². The SMILES string of the molecule is CCN1C(=CC=Cc2oc3ccc(-c4ccccc4)cc3[n+]2CC)N(CC)c2cc(Cl)c(Cl)cc21. The molecule has 6 heteroatoms. The van der Waals surface area contributed by atoms with Gasteiger partial charge in [-0.2, -0.15) is 4.57 Å². The highest BCUT2D eigenvalue weighted by Crippen LogP contribution is 2.45. The second-order valence-corrected chi connectivity index (χ2v) is 9.18. The van der Waals surface area contributed by atoms with Gasteiger partial charge in [0.25, 0.3) is 5.52 Å². The van der Waals surface area contributed by atoms with Crippen molar-refractivity contribution in [3.05, 3.63) is 94.6 Å². The summed E-state index contributed by atoms with van der Waals surface area (Å²) in [5.41, 5.74) is 6.48. The molecule has 3 aromatic carbocycles. The van der Waals surface area contributed by atoms with E-state index in [4.69, 9.17) is 27.6 Å². The molecule has 0 radical (unpaired) electrons. The van der Waals surface area contributed by atoms with Crippen LogP contribution in [-0.2, 0) is 6.54 Å². The molecule has 0 amide bonds. The van der Waals surface area contributed by atoms with Gasteiger partial charge in [0.05, 0.1) is 27.5 Å². The molecule has 0 bridgehead atoms. The number of aryl methyl sites for hydroxylation is 1. The van der Waals surface area contributed by atoms with E-state index in [0.29, 0.717) is 10.0 Å². The fraction of sp³-hybridized carbons (Fsp3) is 0.207. The molecule has 1 aliphatic rings. The molecule has 1 aromatic heterocycles. The van der Waals surface area contributed by atoms with Crippen LogP contribution in [0.4, 0.5) is 11.4 Å². The first-order chi connectivity index (χ1) is 17.0. The zero-order valence-electron chi connectivity index (χ0n) is 20.1. The minimum Gasteiger partial charge on any atom is -0.398 e. The minimum absolute atomic E-state index is 0.567. The molecule has 0 fully saturated rings. The Kier molecular flexibility index (Phi) is 6.59. The highest BCUT2D eigenvalue weighted by atomic mass is 35.5. The van der Waals surface area contributed by atoms with Crippen molar-refractivity contribution >= 4 is 51.8 Å². The highest BCUT2D eigenvalue weighted by Gasteiger charge is 2.30. The average molecular weight is 505 g/mol. The van der Waals surface area contributed by atoms with Crippen molar-refractivity contribution in [1.29, 1.82) is 0 Å². The molecule has 2 heterocycles. The summed E-state index contributed by atoms with van der Waals surface area (Å²) in [6.07, 6.45) is 6.21. The zero-order chi connectivity index (χ0) is 24.5. The number of allylic oxidation sites excluding steroid dienone is 2. The number of hydrogen-bond acceptors (Lipinski definition) is 3. The molecule has 0 unspecified atom stereocenters. The van der Waals surface area contributed by atoms with Gasteiger partial charge in [0.2, 0.25) is 5.58 Å². The predicted octanol–water partition coefficient (Wildman–Crippen LogP) is 7.94. The Hall–Kier alpha value is -3.21. The molecule has 4 aromatic rings. The molecule has 0 saturated heterocycles. The first kappa shape index (κ1) is 23.5. The van der Waals surface area contributed by atoms with Gasteiger partial charge >= 0.3 is 5.89 Å². The lowest BCUT2D eigenvalue weighted by Crippen LogP contribution is -2.33. The number of benzene rings is 3. The Balaban J connectivity index is 1.51. The first-order valence-electron chi connectivity index (χ1n) is 12.0. The van der Waals surface area contributed by atoms with Crippen molar-refractivity contribution in [2.45, 2.75) is 27.3 Å². The van der Waals surface area contributed by atoms with Crippen LogP contribution in [0.1, 0.15) is 26.7 Å². The largest absolute Gasteiger partial charge is 0.398 e. The molecule has 35 heavy (non-hydrogen) atoms. The Bertz CT molecular complexity index is 1400. The quantitative estimate of drug-likeness (QED) is 0.249. The van der Waals surface area contributed by atoms with Crippen LogP contribution < -0.4 is 14.4 Å². The molecule has 0 atom stereocenters. The number of oxazole rings is 1. The van der Waals surface area contributed by atoms with Crippen LogP contribution in [0.5, 0.6) is 0 Å². The molecule has 0 aliphatic carbocycles. The number of halogens is 2. The van der Waals surface area contributed by atoms with Crippen LogP contribution in [0.3, 0.4) is 0 Å². The van der Waals surface area contributed by atoms with Gasteiger partial charge in [-0.15, -0.1) is 0 Å². The van der Waals surface area contributed by atoms with E-state index in [2.05, 4.69) is 89.8 Å². The molecular formula is C29H28Cl2N3O+. The van der Waals surface area contributed by atoms with E-state index in [-0.39, 0.29) is 0 Å². The molecule has 0 saturated carbocycles. The number of rotatable bonds is 6. The van der Waals surface area contributed by atoms with Crippen LogP contribution in [0.25, 0.3) is 28.3 Å². The van der Waals surface area contributed by atoms with Gasteiger partial charge in [-0.1, -0.05) is 59.6 Å². The van der Waals surface area contributed by atoms with Crippen LogP contribution in [0.15, 0.2) is 83.1 Å². The number of nitrogens with zero attached hydrogens (tertiary/aromatic N) is 3. The summed E-state index contributed by atoms with van der Waals surface area (Å²) in [5, 5.41) is 1.13. The summed E-state index contributed by atoms with van der Waals surface area (Å²) >= 11 is 12.7. The first-order valence-corrected chi connectivity index (χ1v) is 12.8. The Morgan fingerprint density at radius 1 is 0.829 bits per heavy atom. The second kappa shape index (κ2) is 9.80. The second-order valence-electron chi connectivity index (χ2n) is 8.36. The van der Waals surface area contributed by atoms with Gasteiger partial charge < -0.3 is 14.2 Å². The molecule has 4 nitrogen and oxygen atoms in total. The molecule has 178 valence electrons. The van der Waals surface area contributed by atoms with Crippen LogP contribution in [0, 0.1) is 0 Å². The van der Waals surface area contributed by atoms with E-state index in [1.165, 1.54) is 11.1 Å². The number of aromatic nitrogens is 1. The maximum absolute atomic E-state index is 6.33. The molecule has 5 rings (SSSR count). The smallest absolute Gasteiger partial charge is 0.374 e. The molecular weight excluding hydrogens is 477 g/mol. The summed E-state index contributed by atoms with van der Waals surface area (Å²) in [7, 11) is 0. The fourth-order valence-electron chi connectivity index (χ4n) is 4.77. The summed E-state index contributed by atoms with van der Waals surface area (Å²) < 4.78 is 8.43. The van der Waals surface area contributed by atoms with Crippen LogP contribution in [0.2, 0.25) is 10.0 Å². The van der Waals surface area contributed by atoms with Gasteiger partial charge in [-0.3, -0.25) is 0 Å². The number of hydrogen-bond donors (Lipinski definition) is 0. The summed E-state index contributed by atoms with van der Waals surface area (Å²) in [6, 6.07) is 20.7. The van der Waals surface area contributed by atoms with Gasteiger partial charge in [-0.05, 0) is 62.2 Å². The van der Waals surface area contributed by atoms with E-state index >= 15 is 0 Å². The van der Waals surface area contributed by atoms with Crippen molar-refractivity contribution in [3.8, 4) is 11.1 Å². The molecule has 0 N–H and O–H groups in total. The Morgan fingerprint density at radius 2 is 1.49 bits per heavy atom. The Labute approximate surface area is 216 Å². The van der Waals surface area contributed by atoms with Gasteiger partial charge in [-0.25, -0.2) is 0 Å². The van der Waals surface area contributed by atoms with Crippen LogP contribution in [-0.4, -0.2) is 13.1 Å². The fourth-order valence-corrected chi connectivity index (χ4v) is 5.09. The third kappa shape index (κ3) is 4.22. The van der Waals surface area contributed by atoms with E-state index in [1.807, 2.05) is 24.3 Å². The van der Waals surface area contributed by atoms with Gasteiger partial charge in [0.15, 0.2) is 0 Å². The van der Waals surface area contributed by atoms with Crippen molar-refractivity contribution < 1.29 is 8.98 Å². The van der Waals surface area contributed by atoms with E-state index < -0.39 is 0 Å². The summed E-state index contributed by atoms with van der Waals surface area (Å²) in [4.78, 5) is 4.51. The summed E-state index contributed by atoms with van der Waals surface area (Å²) in [5.74, 6) is 1.90. The van der Waals surface area contributed by atoms with Crippen LogP contribution >= 0.6 is 23.2 Å². The third-order valence-electron chi connectivity index (χ3n) is 6.42. The van der Waals surface area contributed by atoms with E-state index in [0.717, 1.165) is 53.8 Å². The standard InChI is InChI=1S/C29H28Cl2N3O/c1-4-32-24-18-22(30)23(31)19-25(24)33(5-2)28(32)13-10-14-29-34(6-3)26-17-21(15-16-27(26)35-29)20-11-8-7-9-12-20/h7-19H,4-6H2,1-3H3/q+1. The molecule has 0 spiro atoms. The monoisotopic (exact) mass is 504 g/mol. The predicted molar refractivity (Wildman–Crippen MR) is 147 cm³/mol. The zero-order valence-corrected chi connectivity index (χ0v) is 21.6. The van der Waals surface area contributed by atoms with Crippen molar-refractivity contribution in [3.63, 3.8) is 0 Å². The van der Waals surface area contributed by atoms with Gasteiger partial charge in [0, 0.05) is 19.2 Å². The van der Waals surface area contributed by atoms with E-state index in [9.17, 15) is 0 Å². The van der Waals surface area contributed by atoms with Gasteiger partial charge in [0.1, 0.15) is 12.4 Å². The lowest BCUT2D eigenvalue weighted by atomic mass is 10.1. The lowest BCUT2D eigenvalue weighted by molar-refractivity contribution is -0.674. The minimum atomic E-state index is 0.567. The summed E-state index contributed by atoms with van der Waals surface area (Å²) in [6.45, 7) is 8.87. The maximum Gasteiger partial charge on any atom is 0.374 e. The maximum atomic E-state index is 6.33. The van der Waals surface area contributed by atoms with E-state index in [1.54, 1.807) is 0 Å². The van der Waals surface area contributed by atoms with Crippen molar-refractivity contribution in [1.82, 2.24) is 0 Å². The lowest BCUT2D eigenvalue weighted by Gasteiger charge is -2.23. The normalized spacial score (nSPS) is 13.3. The molecule has 1 aliphatic heterocycles. The highest BCUT2D eigenvalue weighted by molar-refractivity contribution is 6.42. The number of fused-ring (bicyclic) bond motifs is 2. The topological polar surface area (TPSA) is 23.5 Å².